The molecule has 1 aromatic heterocycles. The summed E-state index contributed by atoms with van der Waals surface area (Å²) in [5, 5.41) is 14.5. The monoisotopic (exact) mass is 279 g/mol. The molecule has 0 atom stereocenters. The number of halogens is 1. The molecule has 2 aromatic rings. The Kier molecular flexibility index (Phi) is 4.82. The number of benzene rings is 1. The van der Waals surface area contributed by atoms with E-state index < -0.39 is 0 Å². The molecule has 0 aliphatic carbocycles. The maximum absolute atomic E-state index is 8.72. The molecule has 4 nitrogen and oxygen atoms in total. The average molecular weight is 280 g/mol. The molecule has 102 valence electrons. The Hall–Kier alpha value is -1.52. The van der Waals surface area contributed by atoms with Gasteiger partial charge in [-0.2, -0.15) is 0 Å². The van der Waals surface area contributed by atoms with Crippen LogP contribution in [-0.4, -0.2) is 23.2 Å². The highest BCUT2D eigenvalue weighted by Gasteiger charge is 2.06. The second-order valence-electron chi connectivity index (χ2n) is 4.46. The number of rotatable bonds is 6. The lowest BCUT2D eigenvalue weighted by molar-refractivity contribution is 0.283. The lowest BCUT2D eigenvalue weighted by atomic mass is 10.1. The van der Waals surface area contributed by atoms with Crippen LogP contribution >= 0.6 is 11.6 Å². The molecule has 4 N–H and O–H groups in total. The zero-order valence-corrected chi connectivity index (χ0v) is 11.5. The molecule has 1 aromatic carbocycles. The molecular weight excluding hydrogens is 262 g/mol. The number of aromatic nitrogens is 1. The molecule has 5 heteroatoms. The van der Waals surface area contributed by atoms with Gasteiger partial charge in [0.05, 0.1) is 0 Å². The molecule has 0 unspecified atom stereocenters. The van der Waals surface area contributed by atoms with Gasteiger partial charge in [-0.3, -0.25) is 0 Å². The number of fused-ring (bicyclic) bond motifs is 1. The molecule has 0 saturated carbocycles. The first-order chi connectivity index (χ1) is 9.22. The highest BCUT2D eigenvalue weighted by molar-refractivity contribution is 6.32. The second kappa shape index (κ2) is 6.59. The van der Waals surface area contributed by atoms with Crippen molar-refractivity contribution in [3.05, 3.63) is 29.4 Å². The van der Waals surface area contributed by atoms with E-state index in [0.717, 1.165) is 42.4 Å². The molecule has 1 heterocycles. The van der Waals surface area contributed by atoms with Crippen LogP contribution in [0.15, 0.2) is 24.4 Å². The van der Waals surface area contributed by atoms with Crippen molar-refractivity contribution in [1.82, 2.24) is 4.98 Å². The van der Waals surface area contributed by atoms with Gasteiger partial charge in [-0.15, -0.1) is 0 Å². The number of anilines is 2. The molecule has 0 radical (unpaired) electrons. The zero-order chi connectivity index (χ0) is 13.7. The third-order valence-corrected chi connectivity index (χ3v) is 3.22. The largest absolute Gasteiger partial charge is 0.398 e. The quantitative estimate of drug-likeness (QED) is 0.561. The van der Waals surface area contributed by atoms with Gasteiger partial charge in [-0.1, -0.05) is 11.6 Å². The second-order valence-corrected chi connectivity index (χ2v) is 4.90. The summed E-state index contributed by atoms with van der Waals surface area (Å²) in [7, 11) is 0. The van der Waals surface area contributed by atoms with E-state index in [1.165, 1.54) is 0 Å². The van der Waals surface area contributed by atoms with E-state index in [9.17, 15) is 0 Å². The minimum atomic E-state index is 0.249. The van der Waals surface area contributed by atoms with E-state index in [2.05, 4.69) is 10.3 Å². The first kappa shape index (κ1) is 13.9. The van der Waals surface area contributed by atoms with Crippen molar-refractivity contribution in [2.24, 2.45) is 0 Å². The number of nitrogens with zero attached hydrogens (tertiary/aromatic N) is 1. The Morgan fingerprint density at radius 1 is 1.21 bits per heavy atom. The number of aliphatic hydroxyl groups is 1. The number of hydrogen-bond donors (Lipinski definition) is 3. The van der Waals surface area contributed by atoms with Crippen LogP contribution in [0, 0.1) is 0 Å². The third-order valence-electron chi connectivity index (χ3n) is 3.00. The number of nitrogen functional groups attached to an aromatic ring is 1. The SMILES string of the molecule is Nc1cc(Cl)cc2c(NCCCCCO)nccc12. The topological polar surface area (TPSA) is 71.2 Å². The minimum absolute atomic E-state index is 0.249. The van der Waals surface area contributed by atoms with Crippen LogP contribution in [0.5, 0.6) is 0 Å². The highest BCUT2D eigenvalue weighted by atomic mass is 35.5. The molecule has 19 heavy (non-hydrogen) atoms. The fourth-order valence-corrected chi connectivity index (χ4v) is 2.26. The fourth-order valence-electron chi connectivity index (χ4n) is 2.04. The van der Waals surface area contributed by atoms with E-state index in [1.54, 1.807) is 12.3 Å². The van der Waals surface area contributed by atoms with Crippen molar-refractivity contribution < 1.29 is 5.11 Å². The van der Waals surface area contributed by atoms with Gasteiger partial charge < -0.3 is 16.2 Å². The van der Waals surface area contributed by atoms with Crippen LogP contribution in [0.2, 0.25) is 5.02 Å². The number of unbranched alkanes of at least 4 members (excludes halogenated alkanes) is 2. The van der Waals surface area contributed by atoms with Crippen molar-refractivity contribution in [3.8, 4) is 0 Å². The molecule has 0 bridgehead atoms. The van der Waals surface area contributed by atoms with Crippen molar-refractivity contribution in [2.75, 3.05) is 24.2 Å². The summed E-state index contributed by atoms with van der Waals surface area (Å²) in [5.41, 5.74) is 6.61. The molecule has 0 spiro atoms. The van der Waals surface area contributed by atoms with Gasteiger partial charge in [-0.25, -0.2) is 4.98 Å². The molecule has 2 rings (SSSR count). The molecule has 0 fully saturated rings. The normalized spacial score (nSPS) is 10.8. The van der Waals surface area contributed by atoms with E-state index >= 15 is 0 Å². The Morgan fingerprint density at radius 2 is 2.05 bits per heavy atom. The number of nitrogens with one attached hydrogen (secondary N) is 1. The van der Waals surface area contributed by atoms with Crippen LogP contribution < -0.4 is 11.1 Å². The van der Waals surface area contributed by atoms with Gasteiger partial charge >= 0.3 is 0 Å². The zero-order valence-electron chi connectivity index (χ0n) is 10.7. The van der Waals surface area contributed by atoms with E-state index in [4.69, 9.17) is 22.4 Å². The fraction of sp³-hybridized carbons (Fsp3) is 0.357. The lowest BCUT2D eigenvalue weighted by Gasteiger charge is -2.10. The Balaban J connectivity index is 2.14. The van der Waals surface area contributed by atoms with Crippen LogP contribution in [0.3, 0.4) is 0 Å². The predicted molar refractivity (Wildman–Crippen MR) is 80.6 cm³/mol. The standard InChI is InChI=1S/C14H18ClN3O/c15-10-8-12-11(13(16)9-10)4-6-18-14(12)17-5-2-1-3-7-19/h4,6,8-9,19H,1-3,5,7,16H2,(H,17,18). The summed E-state index contributed by atoms with van der Waals surface area (Å²) in [6.45, 7) is 1.07. The molecular formula is C14H18ClN3O. The number of pyridine rings is 1. The van der Waals surface area contributed by atoms with Crippen molar-refractivity contribution in [3.63, 3.8) is 0 Å². The van der Waals surface area contributed by atoms with Crippen LogP contribution in [0.1, 0.15) is 19.3 Å². The van der Waals surface area contributed by atoms with Crippen LogP contribution in [-0.2, 0) is 0 Å². The van der Waals surface area contributed by atoms with Gasteiger partial charge in [0.25, 0.3) is 0 Å². The van der Waals surface area contributed by atoms with Gasteiger partial charge in [0, 0.05) is 40.8 Å². The number of aliphatic hydroxyl groups excluding tert-OH is 1. The summed E-state index contributed by atoms with van der Waals surface area (Å²) < 4.78 is 0. The maximum atomic E-state index is 8.72. The summed E-state index contributed by atoms with van der Waals surface area (Å²) in [6.07, 6.45) is 4.57. The van der Waals surface area contributed by atoms with Gasteiger partial charge in [0.1, 0.15) is 5.82 Å². The van der Waals surface area contributed by atoms with Gasteiger partial charge in [0.15, 0.2) is 0 Å². The summed E-state index contributed by atoms with van der Waals surface area (Å²) >= 11 is 6.04. The van der Waals surface area contributed by atoms with E-state index in [-0.39, 0.29) is 6.61 Å². The van der Waals surface area contributed by atoms with Gasteiger partial charge in [0.2, 0.25) is 0 Å². The number of nitrogens with two attached hydrogens (primary N) is 1. The summed E-state index contributed by atoms with van der Waals surface area (Å²) in [4.78, 5) is 4.33. The van der Waals surface area contributed by atoms with Crippen LogP contribution in [0.4, 0.5) is 11.5 Å². The molecule has 0 aliphatic heterocycles. The Morgan fingerprint density at radius 3 is 2.84 bits per heavy atom. The molecule has 0 saturated heterocycles. The smallest absolute Gasteiger partial charge is 0.133 e. The first-order valence-corrected chi connectivity index (χ1v) is 6.78. The molecule has 0 aliphatic rings. The maximum Gasteiger partial charge on any atom is 0.133 e. The highest BCUT2D eigenvalue weighted by Crippen LogP contribution is 2.29. The Labute approximate surface area is 117 Å². The number of hydrogen-bond acceptors (Lipinski definition) is 4. The summed E-state index contributed by atoms with van der Waals surface area (Å²) in [5.74, 6) is 0.802. The first-order valence-electron chi connectivity index (χ1n) is 6.41. The molecule has 0 amide bonds. The van der Waals surface area contributed by atoms with Crippen molar-refractivity contribution in [1.29, 1.82) is 0 Å². The van der Waals surface area contributed by atoms with Gasteiger partial charge in [-0.05, 0) is 37.5 Å². The Bertz CT molecular complexity index is 560. The van der Waals surface area contributed by atoms with Crippen molar-refractivity contribution in [2.45, 2.75) is 19.3 Å². The van der Waals surface area contributed by atoms with E-state index in [1.807, 2.05) is 12.1 Å². The minimum Gasteiger partial charge on any atom is -0.398 e. The predicted octanol–water partition coefficient (Wildman–Crippen LogP) is 3.04. The van der Waals surface area contributed by atoms with Crippen molar-refractivity contribution >= 4 is 33.9 Å². The van der Waals surface area contributed by atoms with E-state index in [0.29, 0.717) is 10.7 Å². The third kappa shape index (κ3) is 3.49. The average Bonchev–Trinajstić information content (AvgIpc) is 2.39. The van der Waals surface area contributed by atoms with Crippen LogP contribution in [0.25, 0.3) is 10.8 Å². The summed E-state index contributed by atoms with van der Waals surface area (Å²) in [6, 6.07) is 5.50. The lowest BCUT2D eigenvalue weighted by Crippen LogP contribution is -2.04.